The molecule has 0 aliphatic heterocycles. The molecule has 26 heavy (non-hydrogen) atoms. The van der Waals surface area contributed by atoms with Gasteiger partial charge in [0, 0.05) is 26.0 Å². The second-order valence-electron chi connectivity index (χ2n) is 6.50. The van der Waals surface area contributed by atoms with Gasteiger partial charge < -0.3 is 26.3 Å². The molecule has 0 aliphatic carbocycles. The fourth-order valence-electron chi connectivity index (χ4n) is 2.48. The summed E-state index contributed by atoms with van der Waals surface area (Å²) in [5.74, 6) is -1.21. The SMILES string of the molecule is CCCCCCC(C(=O)[O-])c1ccc(CN=C(N)N=C(N)N(C)C)cc1. The Morgan fingerprint density at radius 2 is 1.81 bits per heavy atom. The summed E-state index contributed by atoms with van der Waals surface area (Å²) >= 11 is 0. The highest BCUT2D eigenvalue weighted by atomic mass is 16.4. The number of nitrogens with two attached hydrogens (primary N) is 2. The largest absolute Gasteiger partial charge is 0.549 e. The standard InChI is InChI=1S/C19H31N5O2/c1-4-5-6-7-8-16(17(25)26)15-11-9-14(10-12-15)13-22-18(20)23-19(21)24(2)3/h9-12,16H,4-8,13H2,1-3H3,(H,25,26)(H4,20,21,22,23)/p-1. The molecule has 0 heterocycles. The van der Waals surface area contributed by atoms with Crippen LogP contribution in [-0.4, -0.2) is 36.9 Å². The summed E-state index contributed by atoms with van der Waals surface area (Å²) in [6.07, 6.45) is 4.78. The first-order valence-electron chi connectivity index (χ1n) is 8.96. The number of aliphatic carboxylic acids is 1. The minimum atomic E-state index is -1.02. The number of unbranched alkanes of at least 4 members (excludes halogenated alkanes) is 3. The molecule has 1 atom stereocenters. The third-order valence-corrected chi connectivity index (χ3v) is 4.12. The van der Waals surface area contributed by atoms with Crippen LogP contribution in [0.5, 0.6) is 0 Å². The van der Waals surface area contributed by atoms with Crippen molar-refractivity contribution in [2.75, 3.05) is 14.1 Å². The van der Waals surface area contributed by atoms with E-state index in [-0.39, 0.29) is 11.9 Å². The van der Waals surface area contributed by atoms with Crippen molar-refractivity contribution in [1.29, 1.82) is 0 Å². The van der Waals surface area contributed by atoms with Crippen LogP contribution < -0.4 is 16.6 Å². The summed E-state index contributed by atoms with van der Waals surface area (Å²) in [6, 6.07) is 7.35. The van der Waals surface area contributed by atoms with Crippen LogP contribution in [0.15, 0.2) is 34.3 Å². The van der Waals surface area contributed by atoms with Gasteiger partial charge in [-0.25, -0.2) is 4.99 Å². The van der Waals surface area contributed by atoms with Crippen LogP contribution >= 0.6 is 0 Å². The van der Waals surface area contributed by atoms with Crippen molar-refractivity contribution in [2.45, 2.75) is 51.5 Å². The summed E-state index contributed by atoms with van der Waals surface area (Å²) in [6.45, 7) is 2.48. The zero-order valence-corrected chi connectivity index (χ0v) is 15.9. The maximum absolute atomic E-state index is 11.4. The Morgan fingerprint density at radius 3 is 2.35 bits per heavy atom. The van der Waals surface area contributed by atoms with Gasteiger partial charge in [-0.2, -0.15) is 4.99 Å². The fraction of sp³-hybridized carbons (Fsp3) is 0.526. The van der Waals surface area contributed by atoms with Gasteiger partial charge in [0.1, 0.15) is 0 Å². The van der Waals surface area contributed by atoms with Crippen LogP contribution in [0.4, 0.5) is 0 Å². The number of benzene rings is 1. The van der Waals surface area contributed by atoms with E-state index in [1.165, 1.54) is 0 Å². The molecule has 1 unspecified atom stereocenters. The summed E-state index contributed by atoms with van der Waals surface area (Å²) in [4.78, 5) is 21.2. The molecule has 0 bridgehead atoms. The highest BCUT2D eigenvalue weighted by Gasteiger charge is 2.12. The van der Waals surface area contributed by atoms with E-state index in [4.69, 9.17) is 11.5 Å². The number of rotatable bonds is 9. The summed E-state index contributed by atoms with van der Waals surface area (Å²) < 4.78 is 0. The number of carboxylic acid groups (broad SMARTS) is 1. The summed E-state index contributed by atoms with van der Waals surface area (Å²) in [5.41, 5.74) is 13.1. The average Bonchev–Trinajstić information content (AvgIpc) is 2.60. The second kappa shape index (κ2) is 11.1. The molecule has 1 rings (SSSR count). The van der Waals surface area contributed by atoms with Crippen molar-refractivity contribution < 1.29 is 9.90 Å². The normalized spacial score (nSPS) is 13.5. The highest BCUT2D eigenvalue weighted by molar-refractivity contribution is 5.93. The molecular weight excluding hydrogens is 330 g/mol. The van der Waals surface area contributed by atoms with Crippen molar-refractivity contribution in [2.24, 2.45) is 21.5 Å². The Kier molecular flexibility index (Phi) is 9.19. The molecule has 7 heteroatoms. The zero-order chi connectivity index (χ0) is 19.5. The minimum absolute atomic E-state index is 0.101. The van der Waals surface area contributed by atoms with Crippen molar-refractivity contribution >= 4 is 17.9 Å². The lowest BCUT2D eigenvalue weighted by atomic mass is 9.92. The summed E-state index contributed by atoms with van der Waals surface area (Å²) in [5, 5.41) is 11.4. The van der Waals surface area contributed by atoms with Crippen molar-refractivity contribution in [3.8, 4) is 0 Å². The van der Waals surface area contributed by atoms with Crippen LogP contribution in [0.2, 0.25) is 0 Å². The van der Waals surface area contributed by atoms with Gasteiger partial charge in [-0.05, 0) is 17.5 Å². The van der Waals surface area contributed by atoms with E-state index in [9.17, 15) is 9.90 Å². The lowest BCUT2D eigenvalue weighted by Crippen LogP contribution is -2.32. The van der Waals surface area contributed by atoms with Gasteiger partial charge in [0.05, 0.1) is 6.54 Å². The number of nitrogens with zero attached hydrogens (tertiary/aromatic N) is 3. The van der Waals surface area contributed by atoms with Gasteiger partial charge in [0.25, 0.3) is 0 Å². The van der Waals surface area contributed by atoms with Gasteiger partial charge in [-0.1, -0.05) is 56.9 Å². The fourth-order valence-corrected chi connectivity index (χ4v) is 2.48. The average molecular weight is 360 g/mol. The number of hydrogen-bond acceptors (Lipinski definition) is 3. The number of carbonyl (C=O) groups is 1. The molecule has 1 aromatic rings. The third-order valence-electron chi connectivity index (χ3n) is 4.12. The summed E-state index contributed by atoms with van der Waals surface area (Å²) in [7, 11) is 3.53. The topological polar surface area (TPSA) is 120 Å². The zero-order valence-electron chi connectivity index (χ0n) is 15.9. The van der Waals surface area contributed by atoms with Gasteiger partial charge >= 0.3 is 0 Å². The van der Waals surface area contributed by atoms with E-state index >= 15 is 0 Å². The number of hydrogen-bond donors (Lipinski definition) is 2. The molecule has 144 valence electrons. The molecule has 0 amide bonds. The molecular formula is C19H30N5O2-. The number of guanidine groups is 2. The van der Waals surface area contributed by atoms with Crippen LogP contribution in [0, 0.1) is 0 Å². The van der Waals surface area contributed by atoms with Crippen LogP contribution in [-0.2, 0) is 11.3 Å². The maximum Gasteiger partial charge on any atom is 0.218 e. The second-order valence-corrected chi connectivity index (χ2v) is 6.50. The van der Waals surface area contributed by atoms with Crippen LogP contribution in [0.3, 0.4) is 0 Å². The quantitative estimate of drug-likeness (QED) is 0.389. The molecule has 0 spiro atoms. The van der Waals surface area contributed by atoms with Crippen LogP contribution in [0.1, 0.15) is 56.1 Å². The first kappa shape index (κ1) is 21.5. The minimum Gasteiger partial charge on any atom is -0.549 e. The first-order valence-corrected chi connectivity index (χ1v) is 8.96. The Morgan fingerprint density at radius 1 is 1.15 bits per heavy atom. The van der Waals surface area contributed by atoms with E-state index in [1.807, 2.05) is 24.3 Å². The van der Waals surface area contributed by atoms with E-state index in [0.29, 0.717) is 13.0 Å². The molecule has 0 aromatic heterocycles. The van der Waals surface area contributed by atoms with Gasteiger partial charge in [-0.3, -0.25) is 0 Å². The molecule has 0 radical (unpaired) electrons. The molecule has 7 nitrogen and oxygen atoms in total. The Hall–Kier alpha value is -2.57. The number of carboxylic acids is 1. The first-order chi connectivity index (χ1) is 12.3. The molecule has 0 saturated carbocycles. The van der Waals surface area contributed by atoms with Crippen molar-refractivity contribution in [3.05, 3.63) is 35.4 Å². The molecule has 4 N–H and O–H groups in total. The Balaban J connectivity index is 2.71. The lowest BCUT2D eigenvalue weighted by Gasteiger charge is -2.18. The van der Waals surface area contributed by atoms with Gasteiger partial charge in [-0.15, -0.1) is 0 Å². The van der Waals surface area contributed by atoms with Crippen molar-refractivity contribution in [3.63, 3.8) is 0 Å². The molecule has 0 fully saturated rings. The van der Waals surface area contributed by atoms with E-state index in [2.05, 4.69) is 16.9 Å². The maximum atomic E-state index is 11.4. The number of carbonyl (C=O) groups excluding carboxylic acids is 1. The smallest absolute Gasteiger partial charge is 0.218 e. The van der Waals surface area contributed by atoms with E-state index in [0.717, 1.165) is 36.8 Å². The Labute approximate surface area is 155 Å². The van der Waals surface area contributed by atoms with Crippen LogP contribution in [0.25, 0.3) is 0 Å². The molecule has 0 aliphatic rings. The van der Waals surface area contributed by atoms with E-state index < -0.39 is 11.9 Å². The molecule has 1 aromatic carbocycles. The predicted molar refractivity (Wildman–Crippen MR) is 104 cm³/mol. The predicted octanol–water partition coefficient (Wildman–Crippen LogP) is 1.18. The van der Waals surface area contributed by atoms with Gasteiger partial charge in [0.15, 0.2) is 5.96 Å². The van der Waals surface area contributed by atoms with Crippen molar-refractivity contribution in [1.82, 2.24) is 4.90 Å². The number of aliphatic imine (C=N–C) groups is 2. The third kappa shape index (κ3) is 7.55. The lowest BCUT2D eigenvalue weighted by molar-refractivity contribution is -0.308. The Bertz CT molecular complexity index is 623. The van der Waals surface area contributed by atoms with E-state index in [1.54, 1.807) is 19.0 Å². The monoisotopic (exact) mass is 360 g/mol. The van der Waals surface area contributed by atoms with Gasteiger partial charge in [0.2, 0.25) is 5.96 Å². The molecule has 0 saturated heterocycles. The highest BCUT2D eigenvalue weighted by Crippen LogP contribution is 2.23.